The average molecular weight is 479 g/mol. The highest BCUT2D eigenvalue weighted by Gasteiger charge is 2.39. The van der Waals surface area contributed by atoms with Gasteiger partial charge in [-0.25, -0.2) is 0 Å². The molecule has 2 aromatic carbocycles. The minimum Gasteiger partial charge on any atom is -0.506 e. The Balaban J connectivity index is 0.999. The number of fused-ring (bicyclic) bond motifs is 4. The van der Waals surface area contributed by atoms with Crippen molar-refractivity contribution in [1.29, 1.82) is 0 Å². The maximum absolute atomic E-state index is 11.5. The predicted molar refractivity (Wildman–Crippen MR) is 137 cm³/mol. The molecule has 3 aliphatic rings. The first-order valence-electron chi connectivity index (χ1n) is 12.9. The Morgan fingerprint density at radius 1 is 0.886 bits per heavy atom. The van der Waals surface area contributed by atoms with Crippen LogP contribution in [0.3, 0.4) is 0 Å². The minimum atomic E-state index is -0.218. The molecule has 3 fully saturated rings. The zero-order chi connectivity index (χ0) is 24.1. The number of pyridine rings is 1. The summed E-state index contributed by atoms with van der Waals surface area (Å²) in [6, 6.07) is 14.7. The van der Waals surface area contributed by atoms with Gasteiger partial charge in [0.1, 0.15) is 37.0 Å². The van der Waals surface area contributed by atoms with E-state index in [1.165, 1.54) is 49.4 Å². The smallest absolute Gasteiger partial charge is 0.248 e. The number of piperidine rings is 3. The maximum Gasteiger partial charge on any atom is 0.248 e. The molecule has 186 valence electrons. The second-order valence-electron chi connectivity index (χ2n) is 9.99. The predicted octanol–water partition coefficient (Wildman–Crippen LogP) is 3.45. The van der Waals surface area contributed by atoms with Crippen LogP contribution in [0.1, 0.15) is 24.8 Å². The van der Waals surface area contributed by atoms with E-state index in [2.05, 4.69) is 10.3 Å². The molecule has 4 heterocycles. The molecule has 0 aliphatic carbocycles. The largest absolute Gasteiger partial charge is 0.506 e. The Morgan fingerprint density at radius 3 is 2.29 bits per heavy atom. The fourth-order valence-corrected chi connectivity index (χ4v) is 5.57. The molecule has 0 spiro atoms. The standard InChI is InChI=1S/C28H35N3O4/c32-26-7-1-22(25-6-8-27(33)30-28(25)26)9-13-29-14-19-34-23-2-4-24(5-3-23)35-20-18-31-15-10-21(11-16-31)12-17-31/h1-8,21,29H,9-20H2,(H-,30,32,33)/p+1. The van der Waals surface area contributed by atoms with Crippen LogP contribution in [-0.4, -0.2) is 67.1 Å². The van der Waals surface area contributed by atoms with Crippen molar-refractivity contribution in [2.45, 2.75) is 25.7 Å². The van der Waals surface area contributed by atoms with Crippen molar-refractivity contribution in [3.05, 3.63) is 64.4 Å². The summed E-state index contributed by atoms with van der Waals surface area (Å²) >= 11 is 0. The van der Waals surface area contributed by atoms with Gasteiger partial charge in [-0.05, 0) is 80.1 Å². The van der Waals surface area contributed by atoms with Gasteiger partial charge in [0.15, 0.2) is 0 Å². The Kier molecular flexibility index (Phi) is 7.25. The highest BCUT2D eigenvalue weighted by molar-refractivity contribution is 5.87. The lowest BCUT2D eigenvalue weighted by atomic mass is 9.86. The number of phenols is 1. The zero-order valence-electron chi connectivity index (χ0n) is 20.3. The number of hydrogen-bond acceptors (Lipinski definition) is 5. The third-order valence-electron chi connectivity index (χ3n) is 7.78. The van der Waals surface area contributed by atoms with Crippen molar-refractivity contribution in [3.63, 3.8) is 0 Å². The first-order chi connectivity index (χ1) is 17.1. The number of benzene rings is 2. The highest BCUT2D eigenvalue weighted by atomic mass is 16.5. The third kappa shape index (κ3) is 5.80. The molecule has 3 saturated heterocycles. The Bertz CT molecular complexity index is 1170. The van der Waals surface area contributed by atoms with Crippen LogP contribution in [0.15, 0.2) is 53.3 Å². The molecule has 7 heteroatoms. The molecule has 0 radical (unpaired) electrons. The molecular weight excluding hydrogens is 442 g/mol. The summed E-state index contributed by atoms with van der Waals surface area (Å²) in [4.78, 5) is 14.3. The Morgan fingerprint density at radius 2 is 1.57 bits per heavy atom. The van der Waals surface area contributed by atoms with Gasteiger partial charge in [0.05, 0.1) is 25.2 Å². The monoisotopic (exact) mass is 478 g/mol. The molecule has 0 saturated carbocycles. The molecule has 0 amide bonds. The number of H-pyrrole nitrogens is 1. The number of aromatic nitrogens is 1. The number of aromatic hydroxyl groups is 1. The molecule has 3 aliphatic heterocycles. The molecule has 6 rings (SSSR count). The Hall–Kier alpha value is -3.03. The van der Waals surface area contributed by atoms with E-state index in [1.54, 1.807) is 12.1 Å². The van der Waals surface area contributed by atoms with Crippen molar-refractivity contribution < 1.29 is 19.1 Å². The first kappa shape index (κ1) is 23.7. The van der Waals surface area contributed by atoms with Gasteiger partial charge in [0.25, 0.3) is 0 Å². The fourth-order valence-electron chi connectivity index (χ4n) is 5.57. The number of rotatable bonds is 11. The zero-order valence-corrected chi connectivity index (χ0v) is 20.3. The molecular formula is C28H36N3O4+. The number of phenolic OH excluding ortho intramolecular Hbond substituents is 1. The van der Waals surface area contributed by atoms with Gasteiger partial charge in [0, 0.05) is 18.0 Å². The summed E-state index contributed by atoms with van der Waals surface area (Å²) in [7, 11) is 0. The van der Waals surface area contributed by atoms with E-state index < -0.39 is 0 Å². The third-order valence-corrected chi connectivity index (χ3v) is 7.78. The van der Waals surface area contributed by atoms with Gasteiger partial charge >= 0.3 is 0 Å². The maximum atomic E-state index is 11.5. The van der Waals surface area contributed by atoms with Gasteiger partial charge in [-0.1, -0.05) is 6.07 Å². The molecule has 1 aromatic heterocycles. The Labute approximate surface area is 206 Å². The lowest BCUT2D eigenvalue weighted by Gasteiger charge is -2.49. The van der Waals surface area contributed by atoms with Gasteiger partial charge in [0.2, 0.25) is 5.56 Å². The number of nitrogens with zero attached hydrogens (tertiary/aromatic N) is 1. The SMILES string of the molecule is O=c1ccc2c(CCNCCOc3ccc(OCC[N+]45CCC(CC4)CC5)cc3)ccc(O)c2[nH]1. The van der Waals surface area contributed by atoms with E-state index in [1.807, 2.05) is 30.3 Å². The number of aromatic amines is 1. The quantitative estimate of drug-likeness (QED) is 0.290. The van der Waals surface area contributed by atoms with E-state index in [4.69, 9.17) is 9.47 Å². The fraction of sp³-hybridized carbons (Fsp3) is 0.464. The topological polar surface area (TPSA) is 83.6 Å². The second-order valence-corrected chi connectivity index (χ2v) is 9.99. The van der Waals surface area contributed by atoms with Gasteiger partial charge in [-0.2, -0.15) is 0 Å². The van der Waals surface area contributed by atoms with E-state index in [9.17, 15) is 9.90 Å². The van der Waals surface area contributed by atoms with Gasteiger partial charge in [-0.15, -0.1) is 0 Å². The van der Waals surface area contributed by atoms with Crippen molar-refractivity contribution >= 4 is 10.9 Å². The normalized spacial score (nSPS) is 21.3. The van der Waals surface area contributed by atoms with Crippen LogP contribution in [0.4, 0.5) is 0 Å². The van der Waals surface area contributed by atoms with Crippen LogP contribution in [0.2, 0.25) is 0 Å². The van der Waals surface area contributed by atoms with Crippen molar-refractivity contribution in [3.8, 4) is 17.2 Å². The van der Waals surface area contributed by atoms with Gasteiger partial charge in [-0.3, -0.25) is 4.79 Å². The molecule has 3 aromatic rings. The second kappa shape index (κ2) is 10.7. The van der Waals surface area contributed by atoms with Crippen molar-refractivity contribution in [2.75, 3.05) is 52.5 Å². The number of quaternary nitrogens is 1. The van der Waals surface area contributed by atoms with Crippen LogP contribution in [0.5, 0.6) is 17.2 Å². The highest BCUT2D eigenvalue weighted by Crippen LogP contribution is 2.33. The summed E-state index contributed by atoms with van der Waals surface area (Å²) in [6.45, 7) is 7.98. The lowest BCUT2D eigenvalue weighted by molar-refractivity contribution is -0.942. The van der Waals surface area contributed by atoms with E-state index >= 15 is 0 Å². The van der Waals surface area contributed by atoms with E-state index in [0.29, 0.717) is 12.1 Å². The lowest BCUT2D eigenvalue weighted by Crippen LogP contribution is -2.59. The van der Waals surface area contributed by atoms with Crippen LogP contribution in [0, 0.1) is 5.92 Å². The first-order valence-corrected chi connectivity index (χ1v) is 12.9. The van der Waals surface area contributed by atoms with Crippen molar-refractivity contribution in [2.24, 2.45) is 5.92 Å². The summed E-state index contributed by atoms with van der Waals surface area (Å²) in [6.07, 6.45) is 4.99. The average Bonchev–Trinajstić information content (AvgIpc) is 2.89. The van der Waals surface area contributed by atoms with E-state index in [0.717, 1.165) is 61.0 Å². The summed E-state index contributed by atoms with van der Waals surface area (Å²) in [5.74, 6) is 2.83. The summed E-state index contributed by atoms with van der Waals surface area (Å²) < 4.78 is 13.1. The molecule has 0 unspecified atom stereocenters. The molecule has 0 atom stereocenters. The molecule has 7 nitrogen and oxygen atoms in total. The van der Waals surface area contributed by atoms with E-state index in [-0.39, 0.29) is 11.3 Å². The van der Waals surface area contributed by atoms with Crippen molar-refractivity contribution in [1.82, 2.24) is 10.3 Å². The summed E-state index contributed by atoms with van der Waals surface area (Å²) in [5.41, 5.74) is 1.35. The summed E-state index contributed by atoms with van der Waals surface area (Å²) in [5, 5.41) is 14.3. The molecule has 2 bridgehead atoms. The molecule has 35 heavy (non-hydrogen) atoms. The van der Waals surface area contributed by atoms with Crippen LogP contribution >= 0.6 is 0 Å². The minimum absolute atomic E-state index is 0.0919. The van der Waals surface area contributed by atoms with Crippen LogP contribution in [-0.2, 0) is 6.42 Å². The van der Waals surface area contributed by atoms with Gasteiger partial charge < -0.3 is 29.4 Å². The van der Waals surface area contributed by atoms with Crippen LogP contribution < -0.4 is 20.3 Å². The van der Waals surface area contributed by atoms with Crippen LogP contribution in [0.25, 0.3) is 10.9 Å². The molecule has 3 N–H and O–H groups in total. The number of nitrogens with one attached hydrogen (secondary N) is 2. The number of hydrogen-bond donors (Lipinski definition) is 3. The number of ether oxygens (including phenoxy) is 2.